The Morgan fingerprint density at radius 2 is 1.89 bits per heavy atom. The van der Waals surface area contributed by atoms with Gasteiger partial charge in [0.15, 0.2) is 0 Å². The molecule has 0 aliphatic heterocycles. The first kappa shape index (κ1) is 20.0. The van der Waals surface area contributed by atoms with Crippen molar-refractivity contribution in [2.75, 3.05) is 5.32 Å². The van der Waals surface area contributed by atoms with E-state index in [4.69, 9.17) is 11.6 Å². The number of nitrogens with zero attached hydrogens (tertiary/aromatic N) is 1. The van der Waals surface area contributed by atoms with Gasteiger partial charge in [-0.25, -0.2) is 8.78 Å². The van der Waals surface area contributed by atoms with E-state index in [-0.39, 0.29) is 34.4 Å². The quantitative estimate of drug-likeness (QED) is 0.641. The van der Waals surface area contributed by atoms with Crippen LogP contribution in [0.2, 0.25) is 5.02 Å². The Morgan fingerprint density at radius 3 is 2.57 bits per heavy atom. The molecule has 2 aromatic carbocycles. The minimum absolute atomic E-state index is 0.0632. The van der Waals surface area contributed by atoms with Gasteiger partial charge in [0.1, 0.15) is 17.4 Å². The number of Topliss-reactive ketones (excluding diaryl/α,β-unsaturated/α-hetero) is 1. The second kappa shape index (κ2) is 7.72. The molecule has 7 heteroatoms. The fourth-order valence-electron chi connectivity index (χ4n) is 2.94. The van der Waals surface area contributed by atoms with E-state index in [1.807, 2.05) is 0 Å². The molecule has 146 valence electrons. The molecule has 4 nitrogen and oxygen atoms in total. The zero-order chi connectivity index (χ0) is 20.6. The molecule has 1 N–H and O–H groups in total. The fourth-order valence-corrected chi connectivity index (χ4v) is 3.17. The third-order valence-electron chi connectivity index (χ3n) is 4.59. The summed E-state index contributed by atoms with van der Waals surface area (Å²) in [5.41, 5.74) is 1.16. The lowest BCUT2D eigenvalue weighted by Crippen LogP contribution is -2.14. The van der Waals surface area contributed by atoms with Crippen LogP contribution < -0.4 is 5.32 Å². The average Bonchev–Trinajstić information content (AvgIpc) is 2.95. The lowest BCUT2D eigenvalue weighted by molar-refractivity contribution is -0.121. The molecule has 0 unspecified atom stereocenters. The van der Waals surface area contributed by atoms with Crippen LogP contribution in [0.4, 0.5) is 14.5 Å². The van der Waals surface area contributed by atoms with Gasteiger partial charge in [-0.15, -0.1) is 0 Å². The number of hydrogen-bond acceptors (Lipinski definition) is 2. The van der Waals surface area contributed by atoms with Gasteiger partial charge in [0.25, 0.3) is 5.91 Å². The van der Waals surface area contributed by atoms with Crippen molar-refractivity contribution >= 4 is 39.9 Å². The smallest absolute Gasteiger partial charge is 0.257 e. The van der Waals surface area contributed by atoms with E-state index in [0.29, 0.717) is 16.5 Å². The van der Waals surface area contributed by atoms with Gasteiger partial charge in [-0.2, -0.15) is 0 Å². The first-order valence-electron chi connectivity index (χ1n) is 8.74. The number of benzene rings is 2. The summed E-state index contributed by atoms with van der Waals surface area (Å²) in [6.07, 6.45) is 1.51. The van der Waals surface area contributed by atoms with Crippen molar-refractivity contribution in [3.8, 4) is 0 Å². The monoisotopic (exact) mass is 404 g/mol. The van der Waals surface area contributed by atoms with E-state index in [1.165, 1.54) is 24.3 Å². The number of hydrogen-bond donors (Lipinski definition) is 1. The van der Waals surface area contributed by atoms with Crippen molar-refractivity contribution in [3.05, 3.63) is 64.3 Å². The van der Waals surface area contributed by atoms with Crippen molar-refractivity contribution in [1.29, 1.82) is 0 Å². The van der Waals surface area contributed by atoms with Crippen LogP contribution in [0.15, 0.2) is 36.5 Å². The van der Waals surface area contributed by atoms with Gasteiger partial charge in [-0.3, -0.25) is 9.59 Å². The minimum Gasteiger partial charge on any atom is -0.350 e. The maximum absolute atomic E-state index is 14.4. The second-order valence-electron chi connectivity index (χ2n) is 6.99. The summed E-state index contributed by atoms with van der Waals surface area (Å²) in [6.45, 7) is 3.49. The molecule has 3 aromatic rings. The Kier molecular flexibility index (Phi) is 5.52. The zero-order valence-corrected chi connectivity index (χ0v) is 16.4. The number of amides is 1. The number of nitrogens with one attached hydrogen (secondary N) is 1. The lowest BCUT2D eigenvalue weighted by atomic mass is 10.0. The standard InChI is InChI=1S/C21H19ClF2N2O2/c1-11(2)20(27)7-12-6-16(22)18(9-17(12)24)25-21(28)15-10-26(3)19-8-13(23)4-5-14(15)19/h4-6,8-11H,7H2,1-3H3,(H,25,28). The Bertz CT molecular complexity index is 1090. The summed E-state index contributed by atoms with van der Waals surface area (Å²) in [5.74, 6) is -1.83. The normalized spacial score (nSPS) is 11.2. The lowest BCUT2D eigenvalue weighted by Gasteiger charge is -2.11. The molecule has 0 bridgehead atoms. The SMILES string of the molecule is CC(C)C(=O)Cc1cc(Cl)c(NC(=O)c2cn(C)c3cc(F)ccc23)cc1F. The molecule has 0 atom stereocenters. The number of aromatic nitrogens is 1. The van der Waals surface area contributed by atoms with E-state index >= 15 is 0 Å². The van der Waals surface area contributed by atoms with Crippen molar-refractivity contribution in [2.24, 2.45) is 13.0 Å². The molecular formula is C21H19ClF2N2O2. The molecule has 0 aliphatic rings. The topological polar surface area (TPSA) is 51.1 Å². The number of rotatable bonds is 5. The van der Waals surface area contributed by atoms with Crippen molar-refractivity contribution in [1.82, 2.24) is 4.57 Å². The fraction of sp³-hybridized carbons (Fsp3) is 0.238. The van der Waals surface area contributed by atoms with Gasteiger partial charge in [-0.05, 0) is 35.9 Å². The maximum Gasteiger partial charge on any atom is 0.257 e. The van der Waals surface area contributed by atoms with E-state index in [2.05, 4.69) is 5.32 Å². The molecule has 0 saturated heterocycles. The summed E-state index contributed by atoms with van der Waals surface area (Å²) in [5, 5.41) is 3.29. The van der Waals surface area contributed by atoms with Gasteiger partial charge < -0.3 is 9.88 Å². The molecule has 0 radical (unpaired) electrons. The number of fused-ring (bicyclic) bond motifs is 1. The molecular weight excluding hydrogens is 386 g/mol. The van der Waals surface area contributed by atoms with Crippen LogP contribution in [-0.2, 0) is 18.3 Å². The number of ketones is 1. The third kappa shape index (κ3) is 3.92. The van der Waals surface area contributed by atoms with Crippen molar-refractivity contribution in [2.45, 2.75) is 20.3 Å². The van der Waals surface area contributed by atoms with Crippen LogP contribution in [0, 0.1) is 17.6 Å². The van der Waals surface area contributed by atoms with Crippen molar-refractivity contribution < 1.29 is 18.4 Å². The van der Waals surface area contributed by atoms with Crippen LogP contribution in [0.3, 0.4) is 0 Å². The first-order valence-corrected chi connectivity index (χ1v) is 9.11. The summed E-state index contributed by atoms with van der Waals surface area (Å²) in [7, 11) is 1.70. The Morgan fingerprint density at radius 1 is 1.18 bits per heavy atom. The van der Waals surface area contributed by atoms with E-state index in [1.54, 1.807) is 31.7 Å². The maximum atomic E-state index is 14.4. The van der Waals surface area contributed by atoms with Gasteiger partial charge >= 0.3 is 0 Å². The molecule has 28 heavy (non-hydrogen) atoms. The highest BCUT2D eigenvalue weighted by Gasteiger charge is 2.18. The van der Waals surface area contributed by atoms with Gasteiger partial charge in [0, 0.05) is 31.0 Å². The predicted molar refractivity (Wildman–Crippen MR) is 106 cm³/mol. The highest BCUT2D eigenvalue weighted by atomic mass is 35.5. The molecule has 0 spiro atoms. The zero-order valence-electron chi connectivity index (χ0n) is 15.6. The van der Waals surface area contributed by atoms with Gasteiger partial charge in [-0.1, -0.05) is 25.4 Å². The number of carbonyl (C=O) groups excluding carboxylic acids is 2. The first-order chi connectivity index (χ1) is 13.2. The summed E-state index contributed by atoms with van der Waals surface area (Å²) in [4.78, 5) is 24.6. The largest absolute Gasteiger partial charge is 0.350 e. The average molecular weight is 405 g/mol. The van der Waals surface area contributed by atoms with E-state index < -0.39 is 17.5 Å². The predicted octanol–water partition coefficient (Wildman–Crippen LogP) is 5.13. The highest BCUT2D eigenvalue weighted by molar-refractivity contribution is 6.34. The van der Waals surface area contributed by atoms with Crippen LogP contribution in [0.25, 0.3) is 10.9 Å². The molecule has 0 fully saturated rings. The van der Waals surface area contributed by atoms with E-state index in [0.717, 1.165) is 6.07 Å². The summed E-state index contributed by atoms with van der Waals surface area (Å²) >= 11 is 6.19. The van der Waals surface area contributed by atoms with Crippen molar-refractivity contribution in [3.63, 3.8) is 0 Å². The third-order valence-corrected chi connectivity index (χ3v) is 4.90. The van der Waals surface area contributed by atoms with Crippen LogP contribution >= 0.6 is 11.6 Å². The minimum atomic E-state index is -0.617. The molecule has 0 saturated carbocycles. The molecule has 0 aliphatic carbocycles. The van der Waals surface area contributed by atoms with Gasteiger partial charge in [0.2, 0.25) is 0 Å². The summed E-state index contributed by atoms with van der Waals surface area (Å²) in [6, 6.07) is 6.58. The Hall–Kier alpha value is -2.73. The molecule has 1 heterocycles. The summed E-state index contributed by atoms with van der Waals surface area (Å²) < 4.78 is 29.5. The van der Waals surface area contributed by atoms with Crippen LogP contribution in [-0.4, -0.2) is 16.3 Å². The number of aryl methyl sites for hydroxylation is 1. The number of halogens is 3. The number of anilines is 1. The van der Waals surface area contributed by atoms with Crippen LogP contribution in [0.1, 0.15) is 29.8 Å². The number of carbonyl (C=O) groups is 2. The van der Waals surface area contributed by atoms with Crippen LogP contribution in [0.5, 0.6) is 0 Å². The Balaban J connectivity index is 1.89. The highest BCUT2D eigenvalue weighted by Crippen LogP contribution is 2.28. The van der Waals surface area contributed by atoms with E-state index in [9.17, 15) is 18.4 Å². The molecule has 3 rings (SSSR count). The Labute approximate surface area is 166 Å². The molecule has 1 aromatic heterocycles. The van der Waals surface area contributed by atoms with Gasteiger partial charge in [0.05, 0.1) is 21.8 Å². The second-order valence-corrected chi connectivity index (χ2v) is 7.40. The molecule has 1 amide bonds.